The van der Waals surface area contributed by atoms with Gasteiger partial charge in [-0.1, -0.05) is 45.0 Å². The van der Waals surface area contributed by atoms with E-state index >= 15 is 0 Å². The summed E-state index contributed by atoms with van der Waals surface area (Å²) < 4.78 is 80.7. The fraction of sp³-hybridized carbons (Fsp3) is 0.286. The van der Waals surface area contributed by atoms with Gasteiger partial charge in [0.1, 0.15) is 5.75 Å². The molecule has 200 valence electrons. The molecule has 0 spiro atoms. The van der Waals surface area contributed by atoms with Crippen LogP contribution in [0.15, 0.2) is 71.8 Å². The standard InChI is InChI=1S/C28H24F6N2O2/c1-26(2,3)19-8-4-17(5-9-19)25(38)36-24(16-6-10-22(37)11-7-16)15-23(35-36)18-12-20(27(29,30)31)14-21(13-18)28(32,33)34/h4-14,24,37H,15H2,1-3H3. The smallest absolute Gasteiger partial charge is 0.416 e. The summed E-state index contributed by atoms with van der Waals surface area (Å²) >= 11 is 0. The first-order chi connectivity index (χ1) is 17.5. The second-order valence-corrected chi connectivity index (χ2v) is 10.1. The first-order valence-electron chi connectivity index (χ1n) is 11.6. The van der Waals surface area contributed by atoms with Crippen LogP contribution in [0.25, 0.3) is 0 Å². The van der Waals surface area contributed by atoms with Gasteiger partial charge in [-0.25, -0.2) is 5.01 Å². The molecule has 0 aliphatic carbocycles. The molecule has 1 aliphatic heterocycles. The first kappa shape index (κ1) is 27.2. The number of nitrogens with zero attached hydrogens (tertiary/aromatic N) is 2. The third-order valence-corrected chi connectivity index (χ3v) is 6.32. The van der Waals surface area contributed by atoms with Crippen molar-refractivity contribution in [2.75, 3.05) is 0 Å². The van der Waals surface area contributed by atoms with Crippen LogP contribution in [-0.2, 0) is 17.8 Å². The lowest BCUT2D eigenvalue weighted by molar-refractivity contribution is -0.143. The number of rotatable bonds is 3. The van der Waals surface area contributed by atoms with Crippen molar-refractivity contribution in [1.29, 1.82) is 0 Å². The number of halogens is 6. The molecule has 4 rings (SSSR count). The minimum atomic E-state index is -5.02. The summed E-state index contributed by atoms with van der Waals surface area (Å²) in [5.41, 5.74) is -1.85. The zero-order valence-electron chi connectivity index (χ0n) is 20.7. The molecule has 3 aromatic carbocycles. The third-order valence-electron chi connectivity index (χ3n) is 6.32. The molecule has 3 aromatic rings. The van der Waals surface area contributed by atoms with Crippen molar-refractivity contribution in [3.8, 4) is 5.75 Å². The van der Waals surface area contributed by atoms with Gasteiger partial charge in [0.05, 0.1) is 22.9 Å². The summed E-state index contributed by atoms with van der Waals surface area (Å²) in [5, 5.41) is 15.0. The van der Waals surface area contributed by atoms with Crippen LogP contribution < -0.4 is 0 Å². The highest BCUT2D eigenvalue weighted by Crippen LogP contribution is 2.39. The Balaban J connectivity index is 1.80. The molecule has 1 unspecified atom stereocenters. The summed E-state index contributed by atoms with van der Waals surface area (Å²) in [7, 11) is 0. The second kappa shape index (κ2) is 9.49. The van der Waals surface area contributed by atoms with Gasteiger partial charge in [-0.05, 0) is 64.6 Å². The molecule has 0 saturated carbocycles. The molecule has 0 saturated heterocycles. The van der Waals surface area contributed by atoms with E-state index in [0.717, 1.165) is 10.6 Å². The SMILES string of the molecule is CC(C)(C)c1ccc(C(=O)N2N=C(c3cc(C(F)(F)F)cc(C(F)(F)F)c3)CC2c2ccc(O)cc2)cc1. The van der Waals surface area contributed by atoms with E-state index in [1.165, 1.54) is 24.3 Å². The Labute approximate surface area is 215 Å². The van der Waals surface area contributed by atoms with Crippen molar-refractivity contribution < 1.29 is 36.2 Å². The van der Waals surface area contributed by atoms with E-state index in [0.29, 0.717) is 17.7 Å². The lowest BCUT2D eigenvalue weighted by atomic mass is 9.86. The van der Waals surface area contributed by atoms with E-state index < -0.39 is 35.4 Å². The van der Waals surface area contributed by atoms with Crippen molar-refractivity contribution in [3.05, 3.63) is 100 Å². The summed E-state index contributed by atoms with van der Waals surface area (Å²) in [6.07, 6.45) is -10.2. The number of benzene rings is 3. The average molecular weight is 535 g/mol. The largest absolute Gasteiger partial charge is 0.508 e. The van der Waals surface area contributed by atoms with Gasteiger partial charge in [0.2, 0.25) is 0 Å². The van der Waals surface area contributed by atoms with Gasteiger partial charge in [0, 0.05) is 12.0 Å². The number of alkyl halides is 6. The number of phenolic OH excluding ortho intramolecular Hbond substituents is 1. The molecule has 1 heterocycles. The van der Waals surface area contributed by atoms with Crippen LogP contribution in [0.4, 0.5) is 26.3 Å². The van der Waals surface area contributed by atoms with Crippen molar-refractivity contribution in [2.45, 2.75) is 51.0 Å². The van der Waals surface area contributed by atoms with Crippen LogP contribution in [-0.4, -0.2) is 21.7 Å². The molecule has 1 atom stereocenters. The van der Waals surface area contributed by atoms with Crippen LogP contribution in [0.1, 0.15) is 71.4 Å². The third kappa shape index (κ3) is 5.69. The normalized spacial score (nSPS) is 16.5. The molecule has 1 N–H and O–H groups in total. The Morgan fingerprint density at radius 1 is 0.816 bits per heavy atom. The van der Waals surface area contributed by atoms with E-state index in [2.05, 4.69) is 5.10 Å². The lowest BCUT2D eigenvalue weighted by Crippen LogP contribution is -2.27. The van der Waals surface area contributed by atoms with Crippen molar-refractivity contribution in [3.63, 3.8) is 0 Å². The van der Waals surface area contributed by atoms with Gasteiger partial charge in [-0.15, -0.1) is 0 Å². The fourth-order valence-electron chi connectivity index (χ4n) is 4.19. The monoisotopic (exact) mass is 534 g/mol. The van der Waals surface area contributed by atoms with E-state index in [1.54, 1.807) is 24.3 Å². The van der Waals surface area contributed by atoms with E-state index in [-0.39, 0.29) is 40.5 Å². The highest BCUT2D eigenvalue weighted by atomic mass is 19.4. The molecule has 0 aromatic heterocycles. The van der Waals surface area contributed by atoms with E-state index in [4.69, 9.17) is 0 Å². The number of hydrogen-bond acceptors (Lipinski definition) is 3. The number of aromatic hydroxyl groups is 1. The Morgan fingerprint density at radius 3 is 1.82 bits per heavy atom. The molecule has 0 fully saturated rings. The van der Waals surface area contributed by atoms with Crippen LogP contribution in [0.5, 0.6) is 5.75 Å². The predicted octanol–water partition coefficient (Wildman–Crippen LogP) is 7.72. The summed E-state index contributed by atoms with van der Waals surface area (Å²) in [6.45, 7) is 6.02. The average Bonchev–Trinajstić information content (AvgIpc) is 3.28. The number of phenols is 1. The van der Waals surface area contributed by atoms with Crippen molar-refractivity contribution >= 4 is 11.6 Å². The van der Waals surface area contributed by atoms with Gasteiger partial charge >= 0.3 is 12.4 Å². The van der Waals surface area contributed by atoms with Gasteiger partial charge in [0.25, 0.3) is 5.91 Å². The van der Waals surface area contributed by atoms with Gasteiger partial charge in [-0.2, -0.15) is 31.4 Å². The number of carbonyl (C=O) groups is 1. The Morgan fingerprint density at radius 2 is 1.34 bits per heavy atom. The first-order valence-corrected chi connectivity index (χ1v) is 11.6. The van der Waals surface area contributed by atoms with Crippen LogP contribution >= 0.6 is 0 Å². The second-order valence-electron chi connectivity index (χ2n) is 10.1. The Bertz CT molecular complexity index is 1340. The van der Waals surface area contributed by atoms with Crippen molar-refractivity contribution in [1.82, 2.24) is 5.01 Å². The number of amides is 1. The van der Waals surface area contributed by atoms with Gasteiger partial charge < -0.3 is 5.11 Å². The maximum atomic E-state index is 13.5. The summed E-state index contributed by atoms with van der Waals surface area (Å²) in [6, 6.07) is 13.0. The maximum absolute atomic E-state index is 13.5. The van der Waals surface area contributed by atoms with Gasteiger partial charge in [-0.3, -0.25) is 4.79 Å². The zero-order valence-corrected chi connectivity index (χ0v) is 20.7. The number of hydrazone groups is 1. The van der Waals surface area contributed by atoms with Gasteiger partial charge in [0.15, 0.2) is 0 Å². The molecular weight excluding hydrogens is 510 g/mol. The van der Waals surface area contributed by atoms with Crippen LogP contribution in [0.2, 0.25) is 0 Å². The maximum Gasteiger partial charge on any atom is 0.416 e. The zero-order chi connectivity index (χ0) is 28.0. The highest BCUT2D eigenvalue weighted by molar-refractivity contribution is 6.05. The van der Waals surface area contributed by atoms with Crippen LogP contribution in [0, 0.1) is 0 Å². The minimum absolute atomic E-state index is 0.0452. The van der Waals surface area contributed by atoms with Crippen molar-refractivity contribution in [2.24, 2.45) is 5.10 Å². The summed E-state index contributed by atoms with van der Waals surface area (Å²) in [5.74, 6) is -0.613. The predicted molar refractivity (Wildman–Crippen MR) is 130 cm³/mol. The minimum Gasteiger partial charge on any atom is -0.508 e. The van der Waals surface area contributed by atoms with E-state index in [1.807, 2.05) is 20.8 Å². The molecule has 38 heavy (non-hydrogen) atoms. The lowest BCUT2D eigenvalue weighted by Gasteiger charge is -2.23. The Kier molecular flexibility index (Phi) is 6.80. The summed E-state index contributed by atoms with van der Waals surface area (Å²) in [4.78, 5) is 13.5. The number of hydrogen-bond donors (Lipinski definition) is 1. The molecule has 0 radical (unpaired) electrons. The molecule has 4 nitrogen and oxygen atoms in total. The molecular formula is C28H24F6N2O2. The van der Waals surface area contributed by atoms with E-state index in [9.17, 15) is 36.2 Å². The van der Waals surface area contributed by atoms with Crippen LogP contribution in [0.3, 0.4) is 0 Å². The fourth-order valence-corrected chi connectivity index (χ4v) is 4.19. The highest BCUT2D eigenvalue weighted by Gasteiger charge is 2.39. The Hall–Kier alpha value is -3.82. The molecule has 1 aliphatic rings. The topological polar surface area (TPSA) is 52.9 Å². The molecule has 1 amide bonds. The molecule has 10 heteroatoms. The number of carbonyl (C=O) groups excluding carboxylic acids is 1. The quantitative estimate of drug-likeness (QED) is 0.350. The molecule has 0 bridgehead atoms.